The zero-order chi connectivity index (χ0) is 11.7. The number of rotatable bonds is 0. The Balaban J connectivity index is 2.55. The standard InChI is InChI=1S/C12H9N3S/c1-8-3-4-10-11(5-8)16-12(15(10)2)9(6-13)7-14/h3-5H,1-2H3. The first-order chi connectivity index (χ1) is 7.67. The minimum absolute atomic E-state index is 0.168. The van der Waals surface area contributed by atoms with Crippen molar-refractivity contribution < 1.29 is 0 Å². The van der Waals surface area contributed by atoms with Gasteiger partial charge in [-0.15, -0.1) is 0 Å². The molecule has 2 rings (SSSR count). The Morgan fingerprint density at radius 3 is 2.62 bits per heavy atom. The summed E-state index contributed by atoms with van der Waals surface area (Å²) >= 11 is 1.48. The van der Waals surface area contributed by atoms with Gasteiger partial charge in [-0.1, -0.05) is 17.8 Å². The predicted octanol–water partition coefficient (Wildman–Crippen LogP) is 2.80. The van der Waals surface area contributed by atoms with E-state index in [-0.39, 0.29) is 5.57 Å². The van der Waals surface area contributed by atoms with Gasteiger partial charge in [-0.2, -0.15) is 10.5 Å². The van der Waals surface area contributed by atoms with Gasteiger partial charge in [-0.3, -0.25) is 0 Å². The Morgan fingerprint density at radius 1 is 1.31 bits per heavy atom. The third kappa shape index (κ3) is 1.54. The molecule has 0 saturated carbocycles. The maximum atomic E-state index is 8.87. The number of hydrogen-bond donors (Lipinski definition) is 0. The zero-order valence-electron chi connectivity index (χ0n) is 8.98. The molecule has 0 aromatic heterocycles. The fourth-order valence-corrected chi connectivity index (χ4v) is 2.79. The number of nitriles is 2. The van der Waals surface area contributed by atoms with Crippen LogP contribution in [0.1, 0.15) is 5.56 Å². The normalized spacial score (nSPS) is 13.0. The summed E-state index contributed by atoms with van der Waals surface area (Å²) in [6.45, 7) is 2.03. The highest BCUT2D eigenvalue weighted by atomic mass is 32.2. The van der Waals surface area contributed by atoms with Crippen molar-refractivity contribution >= 4 is 17.4 Å². The van der Waals surface area contributed by atoms with Crippen LogP contribution in [0.25, 0.3) is 0 Å². The van der Waals surface area contributed by atoms with Gasteiger partial charge in [0.25, 0.3) is 0 Å². The lowest BCUT2D eigenvalue weighted by molar-refractivity contribution is 1.16. The summed E-state index contributed by atoms with van der Waals surface area (Å²) in [4.78, 5) is 2.99. The van der Waals surface area contributed by atoms with E-state index in [9.17, 15) is 0 Å². The number of nitrogens with zero attached hydrogens (tertiary/aromatic N) is 3. The van der Waals surface area contributed by atoms with E-state index in [0.717, 1.165) is 10.6 Å². The van der Waals surface area contributed by atoms with Crippen molar-refractivity contribution in [1.82, 2.24) is 0 Å². The number of allylic oxidation sites excluding steroid dienone is 1. The van der Waals surface area contributed by atoms with Crippen molar-refractivity contribution in [2.24, 2.45) is 0 Å². The first kappa shape index (κ1) is 10.6. The minimum atomic E-state index is 0.168. The number of fused-ring (bicyclic) bond motifs is 1. The molecule has 0 fully saturated rings. The topological polar surface area (TPSA) is 50.8 Å². The van der Waals surface area contributed by atoms with Gasteiger partial charge >= 0.3 is 0 Å². The Hall–Kier alpha value is -1.91. The first-order valence-electron chi connectivity index (χ1n) is 4.74. The maximum Gasteiger partial charge on any atom is 0.160 e. The Bertz CT molecular complexity index is 545. The van der Waals surface area contributed by atoms with Crippen LogP contribution in [0.3, 0.4) is 0 Å². The summed E-state index contributed by atoms with van der Waals surface area (Å²) in [5, 5.41) is 18.4. The fourth-order valence-electron chi connectivity index (χ4n) is 1.60. The molecule has 1 heterocycles. The molecule has 0 spiro atoms. The number of anilines is 1. The smallest absolute Gasteiger partial charge is 0.160 e. The van der Waals surface area contributed by atoms with Crippen molar-refractivity contribution in [3.8, 4) is 12.1 Å². The van der Waals surface area contributed by atoms with Gasteiger partial charge in [-0.05, 0) is 24.6 Å². The van der Waals surface area contributed by atoms with Crippen LogP contribution in [0.5, 0.6) is 0 Å². The molecule has 16 heavy (non-hydrogen) atoms. The molecule has 1 aliphatic rings. The second kappa shape index (κ2) is 3.92. The van der Waals surface area contributed by atoms with Crippen LogP contribution >= 0.6 is 11.8 Å². The average Bonchev–Trinajstić information content (AvgIpc) is 2.58. The zero-order valence-corrected chi connectivity index (χ0v) is 9.80. The molecule has 1 aromatic rings. The van der Waals surface area contributed by atoms with Crippen molar-refractivity contribution in [1.29, 1.82) is 10.5 Å². The van der Waals surface area contributed by atoms with E-state index in [1.54, 1.807) is 0 Å². The van der Waals surface area contributed by atoms with E-state index in [0.29, 0.717) is 5.03 Å². The average molecular weight is 227 g/mol. The quantitative estimate of drug-likeness (QED) is 0.639. The van der Waals surface area contributed by atoms with Gasteiger partial charge in [-0.25, -0.2) is 0 Å². The molecular formula is C12H9N3S. The van der Waals surface area contributed by atoms with E-state index in [2.05, 4.69) is 6.07 Å². The Morgan fingerprint density at radius 2 is 2.00 bits per heavy atom. The minimum Gasteiger partial charge on any atom is -0.336 e. The molecule has 0 atom stereocenters. The van der Waals surface area contributed by atoms with Crippen LogP contribution in [-0.2, 0) is 0 Å². The van der Waals surface area contributed by atoms with E-state index < -0.39 is 0 Å². The van der Waals surface area contributed by atoms with Crippen molar-refractivity contribution in [3.63, 3.8) is 0 Å². The lowest BCUT2D eigenvalue weighted by Gasteiger charge is -2.12. The second-order valence-electron chi connectivity index (χ2n) is 3.54. The third-order valence-corrected chi connectivity index (χ3v) is 3.64. The lowest BCUT2D eigenvalue weighted by atomic mass is 10.2. The van der Waals surface area contributed by atoms with Gasteiger partial charge in [0, 0.05) is 11.9 Å². The predicted molar refractivity (Wildman–Crippen MR) is 63.7 cm³/mol. The van der Waals surface area contributed by atoms with Gasteiger partial charge in [0.2, 0.25) is 0 Å². The van der Waals surface area contributed by atoms with E-state index >= 15 is 0 Å². The van der Waals surface area contributed by atoms with Crippen LogP contribution in [-0.4, -0.2) is 7.05 Å². The number of hydrogen-bond acceptors (Lipinski definition) is 4. The van der Waals surface area contributed by atoms with Crippen LogP contribution in [0.2, 0.25) is 0 Å². The second-order valence-corrected chi connectivity index (χ2v) is 4.57. The van der Waals surface area contributed by atoms with Gasteiger partial charge < -0.3 is 4.90 Å². The van der Waals surface area contributed by atoms with Crippen molar-refractivity contribution in [3.05, 3.63) is 34.4 Å². The highest BCUT2D eigenvalue weighted by molar-refractivity contribution is 8.03. The molecule has 4 heteroatoms. The summed E-state index contributed by atoms with van der Waals surface area (Å²) in [6, 6.07) is 9.96. The highest BCUT2D eigenvalue weighted by Crippen LogP contribution is 2.46. The molecule has 3 nitrogen and oxygen atoms in total. The molecule has 0 aliphatic carbocycles. The fraction of sp³-hybridized carbons (Fsp3) is 0.167. The summed E-state index contributed by atoms with van der Waals surface area (Å²) in [6.07, 6.45) is 0. The Labute approximate surface area is 98.6 Å². The molecular weight excluding hydrogens is 218 g/mol. The monoisotopic (exact) mass is 227 g/mol. The number of aryl methyl sites for hydroxylation is 1. The SMILES string of the molecule is Cc1ccc2c(c1)SC(=C(C#N)C#N)N2C. The summed E-state index contributed by atoms with van der Waals surface area (Å²) in [5.41, 5.74) is 2.39. The summed E-state index contributed by atoms with van der Waals surface area (Å²) in [5.74, 6) is 0. The number of benzene rings is 1. The van der Waals surface area contributed by atoms with Crippen molar-refractivity contribution in [2.45, 2.75) is 11.8 Å². The molecule has 0 bridgehead atoms. The maximum absolute atomic E-state index is 8.87. The van der Waals surface area contributed by atoms with Crippen molar-refractivity contribution in [2.75, 3.05) is 11.9 Å². The molecule has 0 N–H and O–H groups in total. The van der Waals surface area contributed by atoms with E-state index in [1.165, 1.54) is 17.3 Å². The van der Waals surface area contributed by atoms with Gasteiger partial charge in [0.05, 0.1) is 5.69 Å². The molecule has 0 amide bonds. The van der Waals surface area contributed by atoms with Crippen LogP contribution in [0.15, 0.2) is 33.7 Å². The molecule has 1 aromatic carbocycles. The van der Waals surface area contributed by atoms with Gasteiger partial charge in [0.15, 0.2) is 5.57 Å². The van der Waals surface area contributed by atoms with Gasteiger partial charge in [0.1, 0.15) is 17.2 Å². The van der Waals surface area contributed by atoms with E-state index in [4.69, 9.17) is 10.5 Å². The van der Waals surface area contributed by atoms with Crippen LogP contribution in [0, 0.1) is 29.6 Å². The molecule has 0 radical (unpaired) electrons. The molecule has 1 aliphatic heterocycles. The number of thioether (sulfide) groups is 1. The summed E-state index contributed by atoms with van der Waals surface area (Å²) in [7, 11) is 1.87. The molecule has 0 unspecified atom stereocenters. The third-order valence-electron chi connectivity index (χ3n) is 2.43. The summed E-state index contributed by atoms with van der Waals surface area (Å²) < 4.78 is 0. The lowest BCUT2D eigenvalue weighted by Crippen LogP contribution is -2.11. The highest BCUT2D eigenvalue weighted by Gasteiger charge is 2.25. The van der Waals surface area contributed by atoms with Crippen LogP contribution < -0.4 is 4.90 Å². The molecule has 78 valence electrons. The largest absolute Gasteiger partial charge is 0.336 e. The van der Waals surface area contributed by atoms with Crippen LogP contribution in [0.4, 0.5) is 5.69 Å². The van der Waals surface area contributed by atoms with E-state index in [1.807, 2.05) is 43.1 Å². The molecule has 0 saturated heterocycles. The first-order valence-corrected chi connectivity index (χ1v) is 5.55. The Kier molecular flexibility index (Phi) is 2.60.